The minimum atomic E-state index is 0.274. The Bertz CT molecular complexity index is 398. The van der Waals surface area contributed by atoms with E-state index in [0.29, 0.717) is 6.04 Å². The van der Waals surface area contributed by atoms with Crippen molar-refractivity contribution in [3.05, 3.63) is 0 Å². The second kappa shape index (κ2) is 7.41. The van der Waals surface area contributed by atoms with Crippen LogP contribution in [0.25, 0.3) is 0 Å². The van der Waals surface area contributed by atoms with E-state index in [0.717, 1.165) is 17.5 Å². The Morgan fingerprint density at radius 3 is 2.75 bits per heavy atom. The minimum absolute atomic E-state index is 0.274. The molecule has 1 heterocycles. The molecule has 0 amide bonds. The zero-order valence-electron chi connectivity index (χ0n) is 12.7. The normalized spacial score (nSPS) is 16.9. The van der Waals surface area contributed by atoms with Crippen LogP contribution in [0.15, 0.2) is 5.16 Å². The Morgan fingerprint density at radius 1 is 1.30 bits per heavy atom. The third kappa shape index (κ3) is 4.45. The van der Waals surface area contributed by atoms with E-state index in [2.05, 4.69) is 29.4 Å². The second-order valence-corrected chi connectivity index (χ2v) is 7.58. The Morgan fingerprint density at radius 2 is 2.05 bits per heavy atom. The molecule has 6 heteroatoms. The summed E-state index contributed by atoms with van der Waals surface area (Å²) in [5.41, 5.74) is 6.03. The van der Waals surface area contributed by atoms with Crippen LogP contribution in [0.3, 0.4) is 0 Å². The van der Waals surface area contributed by atoms with Crippen molar-refractivity contribution in [3.8, 4) is 0 Å². The van der Waals surface area contributed by atoms with Crippen LogP contribution in [0.2, 0.25) is 0 Å². The Labute approximate surface area is 126 Å². The molecule has 1 saturated carbocycles. The molecule has 114 valence electrons. The van der Waals surface area contributed by atoms with E-state index in [1.807, 2.05) is 4.68 Å². The van der Waals surface area contributed by atoms with Gasteiger partial charge in [-0.2, -0.15) is 0 Å². The Hall–Kier alpha value is -0.620. The van der Waals surface area contributed by atoms with Gasteiger partial charge in [0.1, 0.15) is 0 Å². The highest BCUT2D eigenvalue weighted by atomic mass is 32.2. The first-order valence-electron chi connectivity index (χ1n) is 7.73. The van der Waals surface area contributed by atoms with Gasteiger partial charge in [0.25, 0.3) is 0 Å². The van der Waals surface area contributed by atoms with E-state index in [1.54, 1.807) is 11.8 Å². The van der Waals surface area contributed by atoms with Gasteiger partial charge in [-0.3, -0.25) is 0 Å². The molecular formula is C14H27N5S. The van der Waals surface area contributed by atoms with Gasteiger partial charge >= 0.3 is 0 Å². The maximum absolute atomic E-state index is 5.75. The number of aromatic nitrogens is 4. The number of thioether (sulfide) groups is 1. The van der Waals surface area contributed by atoms with Crippen LogP contribution < -0.4 is 5.73 Å². The highest BCUT2D eigenvalue weighted by Gasteiger charge is 2.21. The number of hydrogen-bond donors (Lipinski definition) is 1. The molecule has 1 fully saturated rings. The number of rotatable bonds is 8. The maximum atomic E-state index is 5.75. The lowest BCUT2D eigenvalue weighted by atomic mass is 9.88. The van der Waals surface area contributed by atoms with Crippen molar-refractivity contribution in [3.63, 3.8) is 0 Å². The Balaban J connectivity index is 1.71. The summed E-state index contributed by atoms with van der Waals surface area (Å²) >= 11 is 1.79. The third-order valence-corrected chi connectivity index (χ3v) is 5.18. The zero-order chi connectivity index (χ0) is 14.4. The van der Waals surface area contributed by atoms with Gasteiger partial charge < -0.3 is 5.73 Å². The molecule has 0 spiro atoms. The largest absolute Gasteiger partial charge is 0.330 e. The van der Waals surface area contributed by atoms with Gasteiger partial charge in [0.2, 0.25) is 5.16 Å². The highest BCUT2D eigenvalue weighted by molar-refractivity contribution is 7.99. The molecule has 2 N–H and O–H groups in total. The molecule has 0 bridgehead atoms. The van der Waals surface area contributed by atoms with Gasteiger partial charge in [-0.05, 0) is 48.1 Å². The molecule has 0 radical (unpaired) electrons. The molecule has 1 aliphatic carbocycles. The van der Waals surface area contributed by atoms with E-state index >= 15 is 0 Å². The van der Waals surface area contributed by atoms with Crippen LogP contribution in [0, 0.1) is 5.41 Å². The van der Waals surface area contributed by atoms with Crippen LogP contribution in [0.1, 0.15) is 64.8 Å². The molecule has 1 aliphatic rings. The van der Waals surface area contributed by atoms with Gasteiger partial charge in [0, 0.05) is 5.75 Å². The van der Waals surface area contributed by atoms with Crippen LogP contribution >= 0.6 is 11.8 Å². The highest BCUT2D eigenvalue weighted by Crippen LogP contribution is 2.31. The number of hydrogen-bond acceptors (Lipinski definition) is 5. The third-order valence-electron chi connectivity index (χ3n) is 4.16. The summed E-state index contributed by atoms with van der Waals surface area (Å²) in [5.74, 6) is 1.09. The van der Waals surface area contributed by atoms with Crippen molar-refractivity contribution >= 4 is 11.8 Å². The fourth-order valence-corrected chi connectivity index (χ4v) is 3.57. The quantitative estimate of drug-likeness (QED) is 0.590. The fourth-order valence-electron chi connectivity index (χ4n) is 2.63. The molecule has 0 atom stereocenters. The molecular weight excluding hydrogens is 270 g/mol. The lowest BCUT2D eigenvalue weighted by Gasteiger charge is -2.21. The number of nitrogens with two attached hydrogens (primary N) is 1. The average molecular weight is 297 g/mol. The summed E-state index contributed by atoms with van der Waals surface area (Å²) in [4.78, 5) is 0. The van der Waals surface area contributed by atoms with Crippen molar-refractivity contribution in [2.24, 2.45) is 11.1 Å². The van der Waals surface area contributed by atoms with Crippen molar-refractivity contribution in [2.75, 3.05) is 12.3 Å². The summed E-state index contributed by atoms with van der Waals surface area (Å²) in [6.07, 6.45) is 8.68. The molecule has 0 unspecified atom stereocenters. The molecule has 0 aliphatic heterocycles. The monoisotopic (exact) mass is 297 g/mol. The molecule has 20 heavy (non-hydrogen) atoms. The lowest BCUT2D eigenvalue weighted by Crippen LogP contribution is -2.23. The molecule has 2 rings (SSSR count). The van der Waals surface area contributed by atoms with Crippen molar-refractivity contribution in [2.45, 2.75) is 70.0 Å². The molecule has 1 aromatic rings. The van der Waals surface area contributed by atoms with Crippen LogP contribution in [0.4, 0.5) is 0 Å². The Kier molecular flexibility index (Phi) is 5.84. The number of nitrogens with zero attached hydrogens (tertiary/aromatic N) is 4. The summed E-state index contributed by atoms with van der Waals surface area (Å²) in [7, 11) is 0. The fraction of sp³-hybridized carbons (Fsp3) is 0.929. The summed E-state index contributed by atoms with van der Waals surface area (Å²) in [5, 5.41) is 13.2. The lowest BCUT2D eigenvalue weighted by molar-refractivity contribution is 0.336. The second-order valence-electron chi connectivity index (χ2n) is 6.52. The number of tetrazole rings is 1. The minimum Gasteiger partial charge on any atom is -0.330 e. The summed E-state index contributed by atoms with van der Waals surface area (Å²) in [6.45, 7) is 5.24. The molecule has 0 saturated heterocycles. The standard InChI is InChI=1S/C14H27N5S/c1-14(2,11-15)9-5-6-10-20-13-16-17-18-19(13)12-7-3-4-8-12/h12H,3-11,15H2,1-2H3. The van der Waals surface area contributed by atoms with E-state index in [4.69, 9.17) is 5.73 Å². The maximum Gasteiger partial charge on any atom is 0.209 e. The van der Waals surface area contributed by atoms with Crippen LogP contribution in [-0.2, 0) is 0 Å². The topological polar surface area (TPSA) is 69.6 Å². The SMILES string of the molecule is CC(C)(CN)CCCCSc1nnnn1C1CCCC1. The van der Waals surface area contributed by atoms with Crippen LogP contribution in [0.5, 0.6) is 0 Å². The van der Waals surface area contributed by atoms with Gasteiger partial charge in [-0.25, -0.2) is 4.68 Å². The van der Waals surface area contributed by atoms with E-state index in [1.165, 1.54) is 44.9 Å². The van der Waals surface area contributed by atoms with Crippen molar-refractivity contribution < 1.29 is 0 Å². The van der Waals surface area contributed by atoms with E-state index in [9.17, 15) is 0 Å². The predicted molar refractivity (Wildman–Crippen MR) is 82.7 cm³/mol. The van der Waals surface area contributed by atoms with Crippen molar-refractivity contribution in [1.29, 1.82) is 0 Å². The number of unbranched alkanes of at least 4 members (excludes halogenated alkanes) is 1. The van der Waals surface area contributed by atoms with Crippen molar-refractivity contribution in [1.82, 2.24) is 20.2 Å². The van der Waals surface area contributed by atoms with Crippen LogP contribution in [-0.4, -0.2) is 32.5 Å². The predicted octanol–water partition coefficient (Wildman–Crippen LogP) is 3.04. The first-order valence-corrected chi connectivity index (χ1v) is 8.72. The smallest absolute Gasteiger partial charge is 0.209 e. The summed E-state index contributed by atoms with van der Waals surface area (Å²) in [6, 6.07) is 0.531. The van der Waals surface area contributed by atoms with Gasteiger partial charge in [-0.15, -0.1) is 5.10 Å². The molecule has 0 aromatic carbocycles. The summed E-state index contributed by atoms with van der Waals surface area (Å²) < 4.78 is 2.04. The van der Waals surface area contributed by atoms with Gasteiger partial charge in [0.05, 0.1) is 6.04 Å². The molecule has 1 aromatic heterocycles. The van der Waals surface area contributed by atoms with Gasteiger partial charge in [-0.1, -0.05) is 44.9 Å². The van der Waals surface area contributed by atoms with E-state index in [-0.39, 0.29) is 5.41 Å². The average Bonchev–Trinajstić information content (AvgIpc) is 3.08. The first-order chi connectivity index (χ1) is 9.62. The van der Waals surface area contributed by atoms with E-state index < -0.39 is 0 Å². The zero-order valence-corrected chi connectivity index (χ0v) is 13.5. The molecule has 5 nitrogen and oxygen atoms in total. The van der Waals surface area contributed by atoms with Gasteiger partial charge in [0.15, 0.2) is 0 Å². The first kappa shape index (κ1) is 15.8.